The molecule has 3 N–H and O–H groups in total. The van der Waals surface area contributed by atoms with Crippen LogP contribution in [0.2, 0.25) is 0 Å². The summed E-state index contributed by atoms with van der Waals surface area (Å²) >= 11 is 0. The summed E-state index contributed by atoms with van der Waals surface area (Å²) in [5, 5.41) is 9.50. The lowest BCUT2D eigenvalue weighted by Crippen LogP contribution is -2.47. The molecule has 0 aromatic rings. The van der Waals surface area contributed by atoms with Crippen molar-refractivity contribution >= 4 is 17.3 Å². The first-order chi connectivity index (χ1) is 16.8. The van der Waals surface area contributed by atoms with E-state index in [9.17, 15) is 14.4 Å². The van der Waals surface area contributed by atoms with Crippen molar-refractivity contribution in [1.29, 1.82) is 0 Å². The van der Waals surface area contributed by atoms with Crippen molar-refractivity contribution < 1.29 is 14.4 Å². The largest absolute Gasteiger partial charge is 0.319 e. The summed E-state index contributed by atoms with van der Waals surface area (Å²) in [5.74, 6) is 0.797. The molecule has 1 fully saturated rings. The minimum Gasteiger partial charge on any atom is -0.319 e. The van der Waals surface area contributed by atoms with E-state index < -0.39 is 0 Å². The molecule has 1 saturated carbocycles. The molecule has 0 aliphatic heterocycles. The number of nitrogens with one attached hydrogen (secondary N) is 3. The fraction of sp³-hybridized carbons (Fsp3) is 0.900. The maximum Gasteiger partial charge on any atom is 0.143 e. The first-order valence-electron chi connectivity index (χ1n) is 14.3. The number of likely N-dealkylation sites (N-methyl/N-ethyl adjacent to an activating group) is 1. The lowest BCUT2D eigenvalue weighted by molar-refractivity contribution is -0.118. The van der Waals surface area contributed by atoms with E-state index >= 15 is 0 Å². The molecule has 214 valence electrons. The number of rotatable bonds is 16. The van der Waals surface area contributed by atoms with Crippen LogP contribution in [0, 0.1) is 10.8 Å². The van der Waals surface area contributed by atoms with E-state index in [1.807, 2.05) is 0 Å². The normalized spacial score (nSPS) is 20.4. The topological polar surface area (TPSA) is 87.3 Å². The minimum atomic E-state index is 0.178. The van der Waals surface area contributed by atoms with Crippen molar-refractivity contribution in [2.24, 2.45) is 10.8 Å². The second-order valence-electron chi connectivity index (χ2n) is 12.0. The highest BCUT2D eigenvalue weighted by molar-refractivity contribution is 5.77. The zero-order valence-corrected chi connectivity index (χ0v) is 25.4. The second-order valence-corrected chi connectivity index (χ2v) is 12.0. The zero-order chi connectivity index (χ0) is 28.0. The molecule has 0 aromatic carbocycles. The number of hydrogen-bond donors (Lipinski definition) is 3. The number of unbranched alkanes of at least 4 members (excludes halogenated alkanes) is 7. The number of Topliss-reactive ketones (excluding diaryl/α,β-unsaturated/α-hetero) is 3. The predicted molar refractivity (Wildman–Crippen MR) is 155 cm³/mol. The van der Waals surface area contributed by atoms with Gasteiger partial charge in [0, 0.05) is 25.4 Å². The molecular weight excluding hydrogens is 450 g/mol. The Hall–Kier alpha value is -1.11. The van der Waals surface area contributed by atoms with Crippen LogP contribution in [0.15, 0.2) is 0 Å². The predicted octanol–water partition coefficient (Wildman–Crippen LogP) is 5.87. The van der Waals surface area contributed by atoms with Crippen LogP contribution in [0.25, 0.3) is 0 Å². The molecule has 0 spiro atoms. The molecule has 0 amide bonds. The van der Waals surface area contributed by atoms with Crippen LogP contribution in [0.1, 0.15) is 125 Å². The lowest BCUT2D eigenvalue weighted by Gasteiger charge is -2.46. The highest BCUT2D eigenvalue weighted by atomic mass is 16.1. The zero-order valence-electron chi connectivity index (χ0n) is 25.4. The van der Waals surface area contributed by atoms with Gasteiger partial charge in [-0.25, -0.2) is 0 Å². The summed E-state index contributed by atoms with van der Waals surface area (Å²) in [7, 11) is 5.90. The van der Waals surface area contributed by atoms with E-state index in [-0.39, 0.29) is 5.78 Å². The standard InChI is InChI=1S/C14H26O2.C12H26N2.C4H9NO/c1-13(15)11-9-7-5-3-4-6-8-10-12-14(2)16;1-11(2)6-10(14-5)7-12(3,8-11)9-13-4;1-4(6)3-5-2/h3-12H2,1-2H3;10,13-14H,6-9H2,1-5H3;5H,3H2,1-2H3. The van der Waals surface area contributed by atoms with Gasteiger partial charge in [0.2, 0.25) is 0 Å². The van der Waals surface area contributed by atoms with E-state index in [2.05, 4.69) is 50.8 Å². The first-order valence-corrected chi connectivity index (χ1v) is 14.3. The van der Waals surface area contributed by atoms with Crippen LogP contribution in [-0.4, -0.2) is 57.6 Å². The van der Waals surface area contributed by atoms with Crippen molar-refractivity contribution in [1.82, 2.24) is 16.0 Å². The van der Waals surface area contributed by atoms with Crippen molar-refractivity contribution in [3.63, 3.8) is 0 Å². The van der Waals surface area contributed by atoms with Crippen molar-refractivity contribution in [2.45, 2.75) is 131 Å². The highest BCUT2D eigenvalue weighted by Gasteiger charge is 2.40. The Balaban J connectivity index is 0. The molecule has 1 aliphatic carbocycles. The molecule has 1 rings (SSSR count). The van der Waals surface area contributed by atoms with Crippen LogP contribution in [0.3, 0.4) is 0 Å². The van der Waals surface area contributed by atoms with Gasteiger partial charge in [-0.2, -0.15) is 0 Å². The molecule has 0 heterocycles. The summed E-state index contributed by atoms with van der Waals surface area (Å²) in [6, 6.07) is 0.692. The van der Waals surface area contributed by atoms with Crippen LogP contribution >= 0.6 is 0 Å². The number of ketones is 3. The van der Waals surface area contributed by atoms with E-state index in [1.54, 1.807) is 27.8 Å². The molecule has 36 heavy (non-hydrogen) atoms. The third-order valence-corrected chi connectivity index (χ3v) is 6.69. The van der Waals surface area contributed by atoms with E-state index in [0.717, 1.165) is 32.2 Å². The van der Waals surface area contributed by atoms with Crippen LogP contribution in [0.5, 0.6) is 0 Å². The molecule has 2 unspecified atom stereocenters. The van der Waals surface area contributed by atoms with Crippen LogP contribution in [0.4, 0.5) is 0 Å². The minimum absolute atomic E-state index is 0.178. The van der Waals surface area contributed by atoms with Gasteiger partial charge in [-0.1, -0.05) is 59.3 Å². The average molecular weight is 512 g/mol. The van der Waals surface area contributed by atoms with Gasteiger partial charge in [0.1, 0.15) is 17.3 Å². The Labute approximate surface area is 223 Å². The SMILES string of the molecule is CC(=O)CCCCCCCCCCC(C)=O.CNCC(C)=O.CNCC1(C)CC(NC)CC(C)(C)C1. The Morgan fingerprint density at radius 3 is 1.42 bits per heavy atom. The number of carbonyl (C=O) groups excluding carboxylic acids is 3. The number of carbonyl (C=O) groups is 3. The smallest absolute Gasteiger partial charge is 0.143 e. The summed E-state index contributed by atoms with van der Waals surface area (Å²) in [6.07, 6.45) is 15.0. The van der Waals surface area contributed by atoms with E-state index in [0.29, 0.717) is 35.0 Å². The highest BCUT2D eigenvalue weighted by Crippen LogP contribution is 2.45. The van der Waals surface area contributed by atoms with Crippen LogP contribution < -0.4 is 16.0 Å². The third kappa shape index (κ3) is 24.6. The second kappa shape index (κ2) is 21.9. The monoisotopic (exact) mass is 511 g/mol. The van der Waals surface area contributed by atoms with Crippen molar-refractivity contribution in [2.75, 3.05) is 34.2 Å². The third-order valence-electron chi connectivity index (χ3n) is 6.69. The van der Waals surface area contributed by atoms with E-state index in [4.69, 9.17) is 0 Å². The van der Waals surface area contributed by atoms with Crippen LogP contribution in [-0.2, 0) is 14.4 Å². The van der Waals surface area contributed by atoms with Gasteiger partial charge in [0.05, 0.1) is 6.54 Å². The Kier molecular flexibility index (Phi) is 22.6. The number of hydrogen-bond acceptors (Lipinski definition) is 6. The molecule has 0 saturated heterocycles. The summed E-state index contributed by atoms with van der Waals surface area (Å²) in [5.41, 5.74) is 0.946. The fourth-order valence-electron chi connectivity index (χ4n) is 5.46. The molecule has 6 nitrogen and oxygen atoms in total. The van der Waals surface area contributed by atoms with Gasteiger partial charge in [-0.15, -0.1) is 0 Å². The van der Waals surface area contributed by atoms with Gasteiger partial charge in [-0.05, 0) is 84.8 Å². The van der Waals surface area contributed by atoms with Crippen molar-refractivity contribution in [3.8, 4) is 0 Å². The molecule has 0 bridgehead atoms. The molecule has 2 atom stereocenters. The maximum absolute atomic E-state index is 10.7. The Morgan fingerprint density at radius 1 is 0.667 bits per heavy atom. The molecular formula is C30H61N3O3. The average Bonchev–Trinajstić information content (AvgIpc) is 2.74. The summed E-state index contributed by atoms with van der Waals surface area (Å²) < 4.78 is 0. The summed E-state index contributed by atoms with van der Waals surface area (Å²) in [4.78, 5) is 31.3. The molecule has 0 radical (unpaired) electrons. The maximum atomic E-state index is 10.7. The van der Waals surface area contributed by atoms with Gasteiger partial charge >= 0.3 is 0 Å². The fourth-order valence-corrected chi connectivity index (χ4v) is 5.46. The molecule has 0 aromatic heterocycles. The van der Waals surface area contributed by atoms with Gasteiger partial charge in [-0.3, -0.25) is 4.79 Å². The van der Waals surface area contributed by atoms with Crippen molar-refractivity contribution in [3.05, 3.63) is 0 Å². The first kappa shape index (κ1) is 37.0. The Bertz CT molecular complexity index is 570. The van der Waals surface area contributed by atoms with Gasteiger partial charge < -0.3 is 25.5 Å². The lowest BCUT2D eigenvalue weighted by atomic mass is 9.62. The quantitative estimate of drug-likeness (QED) is 0.225. The van der Waals surface area contributed by atoms with E-state index in [1.165, 1.54) is 57.8 Å². The van der Waals surface area contributed by atoms with Gasteiger partial charge in [0.25, 0.3) is 0 Å². The van der Waals surface area contributed by atoms with Gasteiger partial charge in [0.15, 0.2) is 0 Å². The molecule has 1 aliphatic rings. The Morgan fingerprint density at radius 2 is 1.11 bits per heavy atom. The summed E-state index contributed by atoms with van der Waals surface area (Å²) in [6.45, 7) is 13.7. The molecule has 6 heteroatoms.